The highest BCUT2D eigenvalue weighted by Crippen LogP contribution is 2.45. The van der Waals surface area contributed by atoms with Crippen LogP contribution in [0.2, 0.25) is 5.02 Å². The quantitative estimate of drug-likeness (QED) is 0.315. The van der Waals surface area contributed by atoms with Gasteiger partial charge in [0.2, 0.25) is 0 Å². The maximum absolute atomic E-state index is 13.2. The number of halogens is 1. The van der Waals surface area contributed by atoms with E-state index in [0.717, 1.165) is 16.0 Å². The van der Waals surface area contributed by atoms with Gasteiger partial charge in [-0.3, -0.25) is 14.5 Å². The molecule has 1 unspecified atom stereocenters. The number of nitrogens with zero attached hydrogens (tertiary/aromatic N) is 1. The molecule has 0 radical (unpaired) electrons. The number of aliphatic hydroxyl groups is 1. The summed E-state index contributed by atoms with van der Waals surface area (Å²) >= 11 is 7.65. The van der Waals surface area contributed by atoms with Crippen LogP contribution in [0.3, 0.4) is 0 Å². The van der Waals surface area contributed by atoms with Crippen LogP contribution < -0.4 is 9.64 Å². The van der Waals surface area contributed by atoms with Crippen LogP contribution >= 0.6 is 22.9 Å². The number of Topliss-reactive ketones (excluding diaryl/α,β-unsaturated/α-hetero) is 1. The van der Waals surface area contributed by atoms with Gasteiger partial charge in [-0.2, -0.15) is 0 Å². The molecule has 7 heteroatoms. The number of ether oxygens (including phenoxy) is 1. The fraction of sp³-hybridized carbons (Fsp3) is 0.167. The highest BCUT2D eigenvalue weighted by atomic mass is 35.5. The van der Waals surface area contributed by atoms with Gasteiger partial charge in [-0.1, -0.05) is 29.8 Å². The van der Waals surface area contributed by atoms with Gasteiger partial charge in [-0.15, -0.1) is 11.3 Å². The Hall–Kier alpha value is -3.09. The number of carbonyl (C=O) groups excluding carboxylic acids is 2. The smallest absolute Gasteiger partial charge is 0.300 e. The summed E-state index contributed by atoms with van der Waals surface area (Å²) in [6.45, 7) is 3.82. The molecule has 31 heavy (non-hydrogen) atoms. The number of rotatable bonds is 4. The lowest BCUT2D eigenvalue weighted by Gasteiger charge is -2.26. The van der Waals surface area contributed by atoms with Crippen molar-refractivity contribution in [2.45, 2.75) is 19.9 Å². The summed E-state index contributed by atoms with van der Waals surface area (Å²) in [5.41, 5.74) is 2.85. The number of ketones is 1. The molecule has 1 amide bonds. The van der Waals surface area contributed by atoms with Crippen molar-refractivity contribution in [1.29, 1.82) is 0 Å². The molecule has 0 aliphatic carbocycles. The van der Waals surface area contributed by atoms with E-state index in [1.807, 2.05) is 49.6 Å². The molecule has 4 rings (SSSR count). The Morgan fingerprint density at radius 3 is 2.55 bits per heavy atom. The maximum Gasteiger partial charge on any atom is 0.300 e. The van der Waals surface area contributed by atoms with Gasteiger partial charge in [0.1, 0.15) is 17.6 Å². The summed E-state index contributed by atoms with van der Waals surface area (Å²) in [5.74, 6) is -1.23. The number of methoxy groups -OCH3 is 1. The molecule has 2 aromatic carbocycles. The molecule has 1 saturated heterocycles. The molecular weight excluding hydrogens is 434 g/mol. The van der Waals surface area contributed by atoms with Crippen LogP contribution in [0.5, 0.6) is 5.75 Å². The van der Waals surface area contributed by atoms with Crippen LogP contribution in [0.4, 0.5) is 5.69 Å². The number of aryl methyl sites for hydroxylation is 2. The number of benzene rings is 2. The van der Waals surface area contributed by atoms with E-state index in [0.29, 0.717) is 22.0 Å². The largest absolute Gasteiger partial charge is 0.507 e. The molecule has 0 bridgehead atoms. The van der Waals surface area contributed by atoms with Crippen molar-refractivity contribution >= 4 is 46.1 Å². The van der Waals surface area contributed by atoms with E-state index in [2.05, 4.69) is 0 Å². The lowest BCUT2D eigenvalue weighted by atomic mass is 9.99. The summed E-state index contributed by atoms with van der Waals surface area (Å²) in [7, 11) is 1.49. The molecule has 158 valence electrons. The number of hydrogen-bond acceptors (Lipinski definition) is 5. The van der Waals surface area contributed by atoms with Crippen molar-refractivity contribution in [1.82, 2.24) is 0 Å². The van der Waals surface area contributed by atoms with Gasteiger partial charge in [-0.25, -0.2) is 0 Å². The van der Waals surface area contributed by atoms with Crippen LogP contribution in [-0.4, -0.2) is 23.9 Å². The first kappa shape index (κ1) is 21.2. The maximum atomic E-state index is 13.2. The number of amides is 1. The minimum absolute atomic E-state index is 0.0367. The number of thiophene rings is 1. The van der Waals surface area contributed by atoms with Crippen LogP contribution in [0.1, 0.15) is 27.6 Å². The summed E-state index contributed by atoms with van der Waals surface area (Å²) in [4.78, 5) is 28.6. The minimum atomic E-state index is -0.735. The van der Waals surface area contributed by atoms with Crippen molar-refractivity contribution in [2.24, 2.45) is 0 Å². The summed E-state index contributed by atoms with van der Waals surface area (Å²) in [6.07, 6.45) is 0. The SMILES string of the molecule is COc1ccc(/C(O)=C2/C(=O)C(=O)N(c3cc(C)ccc3C)C2c2cccs2)cc1Cl. The van der Waals surface area contributed by atoms with Crippen molar-refractivity contribution in [2.75, 3.05) is 12.0 Å². The topological polar surface area (TPSA) is 66.8 Å². The van der Waals surface area contributed by atoms with Gasteiger partial charge >= 0.3 is 0 Å². The summed E-state index contributed by atoms with van der Waals surface area (Å²) in [6, 6.07) is 13.5. The molecule has 1 aromatic heterocycles. The first-order valence-corrected chi connectivity index (χ1v) is 10.8. The number of anilines is 1. The van der Waals surface area contributed by atoms with Gasteiger partial charge in [0.15, 0.2) is 0 Å². The van der Waals surface area contributed by atoms with E-state index in [4.69, 9.17) is 16.3 Å². The first-order chi connectivity index (χ1) is 14.8. The van der Waals surface area contributed by atoms with Gasteiger partial charge in [-0.05, 0) is 60.7 Å². The first-order valence-electron chi connectivity index (χ1n) is 9.59. The molecular formula is C24H20ClNO4S. The van der Waals surface area contributed by atoms with Crippen LogP contribution in [0.15, 0.2) is 59.5 Å². The Bertz CT molecular complexity index is 1220. The van der Waals surface area contributed by atoms with E-state index < -0.39 is 17.7 Å². The Morgan fingerprint density at radius 2 is 1.90 bits per heavy atom. The van der Waals surface area contributed by atoms with Gasteiger partial charge in [0.25, 0.3) is 11.7 Å². The average molecular weight is 454 g/mol. The second-order valence-corrected chi connectivity index (χ2v) is 8.71. The van der Waals surface area contributed by atoms with Gasteiger partial charge in [0, 0.05) is 16.1 Å². The van der Waals surface area contributed by atoms with Crippen molar-refractivity contribution in [3.05, 3.63) is 86.1 Å². The standard InChI is InChI=1S/C24H20ClNO4S/c1-13-6-7-14(2)17(11-13)26-21(19-5-4-10-31-19)20(23(28)24(26)29)22(27)15-8-9-18(30-3)16(25)12-15/h4-12,21,27H,1-3H3/b22-20-. The fourth-order valence-electron chi connectivity index (χ4n) is 3.75. The lowest BCUT2D eigenvalue weighted by Crippen LogP contribution is -2.29. The monoisotopic (exact) mass is 453 g/mol. The summed E-state index contributed by atoms with van der Waals surface area (Å²) < 4.78 is 5.17. The average Bonchev–Trinajstić information content (AvgIpc) is 3.36. The molecule has 1 atom stereocenters. The summed E-state index contributed by atoms with van der Waals surface area (Å²) in [5, 5.41) is 13.3. The van der Waals surface area contributed by atoms with Gasteiger partial charge < -0.3 is 9.84 Å². The Balaban J connectivity index is 1.94. The molecule has 5 nitrogen and oxygen atoms in total. The molecule has 0 saturated carbocycles. The van der Waals surface area contributed by atoms with Gasteiger partial charge in [0.05, 0.1) is 17.7 Å². The molecule has 2 heterocycles. The Labute approximate surface area is 189 Å². The van der Waals surface area contributed by atoms with E-state index in [1.165, 1.54) is 29.4 Å². The molecule has 1 aliphatic heterocycles. The fourth-order valence-corrected chi connectivity index (χ4v) is 4.83. The second-order valence-electron chi connectivity index (χ2n) is 7.32. The molecule has 1 fully saturated rings. The van der Waals surface area contributed by atoms with E-state index in [1.54, 1.807) is 12.1 Å². The molecule has 1 aliphatic rings. The Morgan fingerprint density at radius 1 is 1.13 bits per heavy atom. The third kappa shape index (κ3) is 3.62. The Kier molecular flexibility index (Phi) is 5.60. The van der Waals surface area contributed by atoms with Crippen LogP contribution in [-0.2, 0) is 9.59 Å². The van der Waals surface area contributed by atoms with E-state index in [-0.39, 0.29) is 11.3 Å². The zero-order valence-corrected chi connectivity index (χ0v) is 18.8. The highest BCUT2D eigenvalue weighted by molar-refractivity contribution is 7.10. The predicted octanol–water partition coefficient (Wildman–Crippen LogP) is 5.65. The van der Waals surface area contributed by atoms with Crippen molar-refractivity contribution < 1.29 is 19.4 Å². The van der Waals surface area contributed by atoms with Crippen molar-refractivity contribution in [3.8, 4) is 5.75 Å². The zero-order chi connectivity index (χ0) is 22.3. The molecule has 1 N–H and O–H groups in total. The molecule has 0 spiro atoms. The third-order valence-electron chi connectivity index (χ3n) is 5.31. The number of hydrogen-bond donors (Lipinski definition) is 1. The number of aliphatic hydroxyl groups excluding tert-OH is 1. The zero-order valence-electron chi connectivity index (χ0n) is 17.2. The third-order valence-corrected chi connectivity index (χ3v) is 6.53. The van der Waals surface area contributed by atoms with Crippen LogP contribution in [0, 0.1) is 13.8 Å². The lowest BCUT2D eigenvalue weighted by molar-refractivity contribution is -0.132. The van der Waals surface area contributed by atoms with Crippen LogP contribution in [0.25, 0.3) is 5.76 Å². The van der Waals surface area contributed by atoms with Crippen molar-refractivity contribution in [3.63, 3.8) is 0 Å². The molecule has 3 aromatic rings. The second kappa shape index (κ2) is 8.21. The van der Waals surface area contributed by atoms with E-state index >= 15 is 0 Å². The van der Waals surface area contributed by atoms with E-state index in [9.17, 15) is 14.7 Å². The predicted molar refractivity (Wildman–Crippen MR) is 123 cm³/mol. The normalized spacial score (nSPS) is 17.9. The highest BCUT2D eigenvalue weighted by Gasteiger charge is 2.47. The minimum Gasteiger partial charge on any atom is -0.507 e. The number of carbonyl (C=O) groups is 2.